The van der Waals surface area contributed by atoms with Crippen LogP contribution in [-0.2, 0) is 14.8 Å². The lowest BCUT2D eigenvalue weighted by molar-refractivity contribution is -0.115. The van der Waals surface area contributed by atoms with Crippen LogP contribution in [0.3, 0.4) is 0 Å². The number of carbonyl (C=O) groups excluding carboxylic acids is 1. The molecule has 0 aliphatic rings. The Labute approximate surface area is 166 Å². The molecule has 9 heteroatoms. The predicted octanol–water partition coefficient (Wildman–Crippen LogP) is 2.85. The second-order valence-electron chi connectivity index (χ2n) is 6.00. The van der Waals surface area contributed by atoms with Crippen molar-refractivity contribution in [3.63, 3.8) is 0 Å². The minimum absolute atomic E-state index is 0.0108. The van der Waals surface area contributed by atoms with Crippen LogP contribution in [-0.4, -0.2) is 20.9 Å². The molecular formula is C19H18FN3O3S2. The number of thiophene rings is 1. The van der Waals surface area contributed by atoms with Gasteiger partial charge in [0.2, 0.25) is 15.9 Å². The van der Waals surface area contributed by atoms with E-state index in [-0.39, 0.29) is 29.2 Å². The summed E-state index contributed by atoms with van der Waals surface area (Å²) >= 11 is 1.53. The standard InChI is InChI=1S/C19H18FN3O3S2/c20-14-5-3-13(4-6-14)19(17-2-1-11-27-17)22-12-18(24)23-15-7-9-16(10-8-15)28(21,25)26/h1-11,19,22H,12H2,(H,23,24)(H2,21,25,26)/t19-/m0/s1. The van der Waals surface area contributed by atoms with E-state index in [1.807, 2.05) is 17.5 Å². The molecule has 0 saturated heterocycles. The summed E-state index contributed by atoms with van der Waals surface area (Å²) in [6.07, 6.45) is 0. The van der Waals surface area contributed by atoms with Crippen molar-refractivity contribution < 1.29 is 17.6 Å². The Balaban J connectivity index is 1.66. The minimum atomic E-state index is -3.78. The van der Waals surface area contributed by atoms with Gasteiger partial charge < -0.3 is 5.32 Å². The Hall–Kier alpha value is -2.59. The predicted molar refractivity (Wildman–Crippen MR) is 107 cm³/mol. The van der Waals surface area contributed by atoms with Crippen molar-refractivity contribution in [1.82, 2.24) is 5.32 Å². The summed E-state index contributed by atoms with van der Waals surface area (Å²) in [6, 6.07) is 15.3. The summed E-state index contributed by atoms with van der Waals surface area (Å²) < 4.78 is 35.8. The molecule has 0 saturated carbocycles. The van der Waals surface area contributed by atoms with E-state index in [4.69, 9.17) is 5.14 Å². The first-order valence-electron chi connectivity index (χ1n) is 8.28. The maximum absolute atomic E-state index is 13.2. The monoisotopic (exact) mass is 419 g/mol. The molecule has 3 aromatic rings. The van der Waals surface area contributed by atoms with Gasteiger partial charge in [0.05, 0.1) is 17.5 Å². The number of primary sulfonamides is 1. The molecule has 0 bridgehead atoms. The summed E-state index contributed by atoms with van der Waals surface area (Å²) in [4.78, 5) is 13.2. The molecule has 0 fully saturated rings. The molecule has 0 spiro atoms. The lowest BCUT2D eigenvalue weighted by Crippen LogP contribution is -2.31. The second kappa shape index (κ2) is 8.61. The number of carbonyl (C=O) groups is 1. The maximum Gasteiger partial charge on any atom is 0.238 e. The van der Waals surface area contributed by atoms with Crippen LogP contribution in [0.2, 0.25) is 0 Å². The van der Waals surface area contributed by atoms with Crippen LogP contribution in [0, 0.1) is 5.82 Å². The zero-order chi connectivity index (χ0) is 20.1. The molecular weight excluding hydrogens is 401 g/mol. The van der Waals surface area contributed by atoms with Crippen molar-refractivity contribution >= 4 is 33.0 Å². The molecule has 146 valence electrons. The third-order valence-electron chi connectivity index (χ3n) is 3.96. The number of amides is 1. The van der Waals surface area contributed by atoms with Gasteiger partial charge in [-0.2, -0.15) is 0 Å². The van der Waals surface area contributed by atoms with Crippen molar-refractivity contribution in [3.8, 4) is 0 Å². The number of hydrogen-bond acceptors (Lipinski definition) is 5. The summed E-state index contributed by atoms with van der Waals surface area (Å²) in [6.45, 7) is 0.0108. The molecule has 6 nitrogen and oxygen atoms in total. The van der Waals surface area contributed by atoms with Gasteiger partial charge in [-0.25, -0.2) is 17.9 Å². The van der Waals surface area contributed by atoms with Gasteiger partial charge in [-0.05, 0) is 53.4 Å². The topological polar surface area (TPSA) is 101 Å². The maximum atomic E-state index is 13.2. The highest BCUT2D eigenvalue weighted by molar-refractivity contribution is 7.89. The molecule has 4 N–H and O–H groups in total. The fourth-order valence-corrected chi connectivity index (χ4v) is 3.96. The highest BCUT2D eigenvalue weighted by atomic mass is 32.2. The fourth-order valence-electron chi connectivity index (χ4n) is 2.62. The van der Waals surface area contributed by atoms with E-state index >= 15 is 0 Å². The van der Waals surface area contributed by atoms with Gasteiger partial charge in [0.15, 0.2) is 0 Å². The third-order valence-corrected chi connectivity index (χ3v) is 5.83. The number of rotatable bonds is 7. The quantitative estimate of drug-likeness (QED) is 0.548. The average Bonchev–Trinajstić information content (AvgIpc) is 3.17. The lowest BCUT2D eigenvalue weighted by Gasteiger charge is -2.18. The van der Waals surface area contributed by atoms with Gasteiger partial charge in [-0.15, -0.1) is 11.3 Å². The van der Waals surface area contributed by atoms with E-state index in [2.05, 4.69) is 10.6 Å². The van der Waals surface area contributed by atoms with Crippen LogP contribution < -0.4 is 15.8 Å². The Bertz CT molecular complexity index is 1040. The molecule has 0 aliphatic heterocycles. The fraction of sp³-hybridized carbons (Fsp3) is 0.105. The first-order chi connectivity index (χ1) is 13.3. The molecule has 1 amide bonds. The van der Waals surface area contributed by atoms with E-state index in [1.165, 1.54) is 47.7 Å². The van der Waals surface area contributed by atoms with Gasteiger partial charge in [0.25, 0.3) is 0 Å². The summed E-state index contributed by atoms with van der Waals surface area (Å²) in [5.74, 6) is -0.624. The summed E-state index contributed by atoms with van der Waals surface area (Å²) in [5.41, 5.74) is 1.29. The molecule has 2 aromatic carbocycles. The second-order valence-corrected chi connectivity index (χ2v) is 8.54. The Morgan fingerprint density at radius 2 is 1.75 bits per heavy atom. The molecule has 1 aromatic heterocycles. The molecule has 1 atom stereocenters. The number of anilines is 1. The molecule has 0 unspecified atom stereocenters. The van der Waals surface area contributed by atoms with Gasteiger partial charge >= 0.3 is 0 Å². The zero-order valence-corrected chi connectivity index (χ0v) is 16.3. The average molecular weight is 420 g/mol. The molecule has 1 heterocycles. The van der Waals surface area contributed by atoms with Crippen molar-refractivity contribution in [2.45, 2.75) is 10.9 Å². The number of halogens is 1. The first-order valence-corrected chi connectivity index (χ1v) is 10.7. The highest BCUT2D eigenvalue weighted by Gasteiger charge is 2.16. The number of benzene rings is 2. The number of nitrogens with two attached hydrogens (primary N) is 1. The van der Waals surface area contributed by atoms with E-state index in [9.17, 15) is 17.6 Å². The van der Waals surface area contributed by atoms with Gasteiger partial charge in [0, 0.05) is 10.6 Å². The van der Waals surface area contributed by atoms with E-state index < -0.39 is 10.0 Å². The largest absolute Gasteiger partial charge is 0.325 e. The van der Waals surface area contributed by atoms with E-state index in [0.717, 1.165) is 10.4 Å². The SMILES string of the molecule is NS(=O)(=O)c1ccc(NC(=O)CN[C@@H](c2ccc(F)cc2)c2cccs2)cc1. The molecule has 0 radical (unpaired) electrons. The minimum Gasteiger partial charge on any atom is -0.325 e. The van der Waals surface area contributed by atoms with Crippen molar-refractivity contribution in [2.75, 3.05) is 11.9 Å². The first kappa shape index (κ1) is 20.2. The smallest absolute Gasteiger partial charge is 0.238 e. The van der Waals surface area contributed by atoms with Crippen LogP contribution in [0.25, 0.3) is 0 Å². The van der Waals surface area contributed by atoms with Gasteiger partial charge in [-0.1, -0.05) is 18.2 Å². The van der Waals surface area contributed by atoms with Crippen LogP contribution in [0.5, 0.6) is 0 Å². The van der Waals surface area contributed by atoms with Gasteiger partial charge in [-0.3, -0.25) is 10.1 Å². The Morgan fingerprint density at radius 3 is 2.32 bits per heavy atom. The van der Waals surface area contributed by atoms with Crippen LogP contribution >= 0.6 is 11.3 Å². The van der Waals surface area contributed by atoms with Crippen molar-refractivity contribution in [1.29, 1.82) is 0 Å². The molecule has 28 heavy (non-hydrogen) atoms. The Kier molecular flexibility index (Phi) is 6.20. The Morgan fingerprint density at radius 1 is 1.07 bits per heavy atom. The lowest BCUT2D eigenvalue weighted by atomic mass is 10.1. The molecule has 0 aliphatic carbocycles. The van der Waals surface area contributed by atoms with Crippen LogP contribution in [0.4, 0.5) is 10.1 Å². The number of hydrogen-bond donors (Lipinski definition) is 3. The zero-order valence-electron chi connectivity index (χ0n) is 14.6. The number of sulfonamides is 1. The van der Waals surface area contributed by atoms with Crippen LogP contribution in [0.15, 0.2) is 70.9 Å². The molecule has 3 rings (SSSR count). The number of nitrogens with one attached hydrogen (secondary N) is 2. The summed E-state index contributed by atoms with van der Waals surface area (Å²) in [7, 11) is -3.78. The van der Waals surface area contributed by atoms with E-state index in [0.29, 0.717) is 5.69 Å². The van der Waals surface area contributed by atoms with Crippen LogP contribution in [0.1, 0.15) is 16.5 Å². The summed E-state index contributed by atoms with van der Waals surface area (Å²) in [5, 5.41) is 12.8. The third kappa shape index (κ3) is 5.23. The van der Waals surface area contributed by atoms with E-state index in [1.54, 1.807) is 12.1 Å². The van der Waals surface area contributed by atoms with Crippen molar-refractivity contribution in [2.24, 2.45) is 5.14 Å². The van der Waals surface area contributed by atoms with Gasteiger partial charge in [0.1, 0.15) is 5.82 Å². The normalized spacial score (nSPS) is 12.5. The highest BCUT2D eigenvalue weighted by Crippen LogP contribution is 2.26. The van der Waals surface area contributed by atoms with Crippen molar-refractivity contribution in [3.05, 3.63) is 82.3 Å².